The van der Waals surface area contributed by atoms with Crippen LogP contribution in [0.25, 0.3) is 0 Å². The van der Waals surface area contributed by atoms with Crippen molar-refractivity contribution in [2.24, 2.45) is 5.73 Å². The van der Waals surface area contributed by atoms with E-state index in [4.69, 9.17) is 15.9 Å². The lowest BCUT2D eigenvalue weighted by molar-refractivity contribution is 0.207. The van der Waals surface area contributed by atoms with Gasteiger partial charge in [-0.15, -0.1) is 0 Å². The molecule has 0 radical (unpaired) electrons. The van der Waals surface area contributed by atoms with Gasteiger partial charge in [0.15, 0.2) is 0 Å². The van der Waals surface area contributed by atoms with Crippen LogP contribution >= 0.6 is 0 Å². The van der Waals surface area contributed by atoms with E-state index in [0.717, 1.165) is 0 Å². The highest BCUT2D eigenvalue weighted by molar-refractivity contribution is 4.39. The Morgan fingerprint density at radius 3 is 1.92 bits per heavy atom. The van der Waals surface area contributed by atoms with Gasteiger partial charge in [-0.3, -0.25) is 0 Å². The Hall–Kier alpha value is -0.200. The van der Waals surface area contributed by atoms with Gasteiger partial charge < -0.3 is 26.0 Å². The third kappa shape index (κ3) is 22.6. The molecule has 5 N–H and O–H groups in total. The van der Waals surface area contributed by atoms with Gasteiger partial charge in [0, 0.05) is 26.7 Å². The van der Waals surface area contributed by atoms with Crippen LogP contribution in [0, 0.1) is 0 Å². The van der Waals surface area contributed by atoms with Crippen molar-refractivity contribution in [3.05, 3.63) is 0 Å². The van der Waals surface area contributed by atoms with E-state index < -0.39 is 0 Å². The molecule has 12 heavy (non-hydrogen) atoms. The molecule has 0 saturated heterocycles. The lowest BCUT2D eigenvalue weighted by Crippen LogP contribution is -2.21. The third-order valence-corrected chi connectivity index (χ3v) is 0.899. The minimum absolute atomic E-state index is 0.139. The van der Waals surface area contributed by atoms with Crippen molar-refractivity contribution in [1.29, 1.82) is 0 Å². The quantitative estimate of drug-likeness (QED) is 0.360. The van der Waals surface area contributed by atoms with Crippen molar-refractivity contribution in [1.82, 2.24) is 5.32 Å². The Bertz CT molecular complexity index is 58.6. The van der Waals surface area contributed by atoms with Gasteiger partial charge in [-0.25, -0.2) is 0 Å². The highest BCUT2D eigenvalue weighted by atomic mass is 16.5. The molecule has 0 heterocycles. The lowest BCUT2D eigenvalue weighted by atomic mass is 10.6. The van der Waals surface area contributed by atoms with Gasteiger partial charge in [-0.05, 0) is 0 Å². The number of hydrogen-bond donors (Lipinski definition) is 4. The molecule has 5 heteroatoms. The summed E-state index contributed by atoms with van der Waals surface area (Å²) >= 11 is 0. The van der Waals surface area contributed by atoms with E-state index in [2.05, 4.69) is 10.1 Å². The first-order valence-corrected chi connectivity index (χ1v) is 3.94. The van der Waals surface area contributed by atoms with Crippen LogP contribution < -0.4 is 11.1 Å². The predicted octanol–water partition coefficient (Wildman–Crippen LogP) is -1.85. The highest BCUT2D eigenvalue weighted by Crippen LogP contribution is 1.54. The molecular formula is C7H20N2O3. The van der Waals surface area contributed by atoms with E-state index in [9.17, 15) is 0 Å². The van der Waals surface area contributed by atoms with E-state index in [1.54, 1.807) is 7.11 Å². The summed E-state index contributed by atoms with van der Waals surface area (Å²) in [6.07, 6.45) is 0. The Morgan fingerprint density at radius 1 is 1.25 bits per heavy atom. The number of ether oxygens (including phenoxy) is 1. The smallest absolute Gasteiger partial charge is 0.0584 e. The Kier molecular flexibility index (Phi) is 20.4. The summed E-state index contributed by atoms with van der Waals surface area (Å²) in [5.41, 5.74) is 5.01. The van der Waals surface area contributed by atoms with Crippen LogP contribution in [0.3, 0.4) is 0 Å². The van der Waals surface area contributed by atoms with Crippen LogP contribution in [-0.2, 0) is 4.74 Å². The van der Waals surface area contributed by atoms with Crippen LogP contribution in [0.15, 0.2) is 0 Å². The summed E-state index contributed by atoms with van der Waals surface area (Å²) in [6, 6.07) is 0. The summed E-state index contributed by atoms with van der Waals surface area (Å²) in [4.78, 5) is 0. The first kappa shape index (κ1) is 14.3. The summed E-state index contributed by atoms with van der Waals surface area (Å²) in [6.45, 7) is 2.71. The molecule has 0 amide bonds. The summed E-state index contributed by atoms with van der Waals surface area (Å²) in [5, 5.41) is 19.1. The van der Waals surface area contributed by atoms with Crippen LogP contribution in [0.2, 0.25) is 0 Å². The van der Waals surface area contributed by atoms with Crippen molar-refractivity contribution < 1.29 is 14.9 Å². The molecule has 0 atom stereocenters. The maximum Gasteiger partial charge on any atom is 0.0584 e. The molecule has 0 fully saturated rings. The van der Waals surface area contributed by atoms with Gasteiger partial charge in [0.05, 0.1) is 19.8 Å². The van der Waals surface area contributed by atoms with Gasteiger partial charge in [-0.2, -0.15) is 0 Å². The summed E-state index contributed by atoms with van der Waals surface area (Å²) < 4.78 is 4.57. The molecule has 0 bridgehead atoms. The molecule has 0 aromatic heterocycles. The number of aliphatic hydroxyl groups is 2. The second kappa shape index (κ2) is 17.0. The van der Waals surface area contributed by atoms with Crippen LogP contribution in [0.4, 0.5) is 0 Å². The third-order valence-electron chi connectivity index (χ3n) is 0.899. The average molecular weight is 180 g/mol. The molecule has 0 aliphatic heterocycles. The Labute approximate surface area is 73.5 Å². The van der Waals surface area contributed by atoms with E-state index >= 15 is 0 Å². The number of nitrogens with two attached hydrogens (primary N) is 1. The zero-order valence-electron chi connectivity index (χ0n) is 7.62. The first-order valence-electron chi connectivity index (χ1n) is 3.94. The van der Waals surface area contributed by atoms with Crippen molar-refractivity contribution >= 4 is 0 Å². The van der Waals surface area contributed by atoms with Gasteiger partial charge >= 0.3 is 0 Å². The summed E-state index contributed by atoms with van der Waals surface area (Å²) in [7, 11) is 1.63. The van der Waals surface area contributed by atoms with Crippen molar-refractivity contribution in [2.45, 2.75) is 0 Å². The molecule has 0 saturated carbocycles. The topological polar surface area (TPSA) is 87.7 Å². The molecule has 5 nitrogen and oxygen atoms in total. The maximum atomic E-state index is 8.15. The van der Waals surface area contributed by atoms with Gasteiger partial charge in [0.25, 0.3) is 0 Å². The number of methoxy groups -OCH3 is 1. The SMILES string of the molecule is COCCN.OCCNCCO. The minimum atomic E-state index is 0.139. The standard InChI is InChI=1S/C4H11NO2.C3H9NO/c6-3-1-5-2-4-7;1-5-3-2-4/h5-7H,1-4H2;2-4H2,1H3. The predicted molar refractivity (Wildman–Crippen MR) is 48.0 cm³/mol. The molecule has 0 aromatic carbocycles. The Balaban J connectivity index is 0. The number of hydrogen-bond acceptors (Lipinski definition) is 5. The molecule has 0 aliphatic carbocycles. The molecule has 0 unspecified atom stereocenters. The minimum Gasteiger partial charge on any atom is -0.395 e. The van der Waals surface area contributed by atoms with Crippen LogP contribution in [0.1, 0.15) is 0 Å². The van der Waals surface area contributed by atoms with E-state index in [1.165, 1.54) is 0 Å². The van der Waals surface area contributed by atoms with Crippen molar-refractivity contribution in [3.63, 3.8) is 0 Å². The van der Waals surface area contributed by atoms with Gasteiger partial charge in [-0.1, -0.05) is 0 Å². The van der Waals surface area contributed by atoms with E-state index in [0.29, 0.717) is 26.2 Å². The molecule has 0 aromatic rings. The molecule has 0 aliphatic rings. The summed E-state index contributed by atoms with van der Waals surface area (Å²) in [5.74, 6) is 0. The molecule has 0 spiro atoms. The van der Waals surface area contributed by atoms with Crippen molar-refractivity contribution in [3.8, 4) is 0 Å². The van der Waals surface area contributed by atoms with E-state index in [1.807, 2.05) is 0 Å². The van der Waals surface area contributed by atoms with Gasteiger partial charge in [0.1, 0.15) is 0 Å². The van der Waals surface area contributed by atoms with E-state index in [-0.39, 0.29) is 13.2 Å². The molecular weight excluding hydrogens is 160 g/mol. The number of aliphatic hydroxyl groups excluding tert-OH is 2. The number of nitrogens with one attached hydrogen (secondary N) is 1. The molecule has 76 valence electrons. The number of rotatable bonds is 6. The average Bonchev–Trinajstić information content (AvgIpc) is 2.08. The van der Waals surface area contributed by atoms with Crippen molar-refractivity contribution in [2.75, 3.05) is 46.6 Å². The lowest BCUT2D eigenvalue weighted by Gasteiger charge is -1.94. The largest absolute Gasteiger partial charge is 0.395 e. The zero-order valence-corrected chi connectivity index (χ0v) is 7.62. The maximum absolute atomic E-state index is 8.15. The first-order chi connectivity index (χ1) is 5.83. The monoisotopic (exact) mass is 180 g/mol. The molecule has 0 rings (SSSR count). The van der Waals surface area contributed by atoms with Crippen LogP contribution in [0.5, 0.6) is 0 Å². The second-order valence-corrected chi connectivity index (χ2v) is 1.98. The second-order valence-electron chi connectivity index (χ2n) is 1.98. The Morgan fingerprint density at radius 2 is 1.75 bits per heavy atom. The van der Waals surface area contributed by atoms with Gasteiger partial charge in [0.2, 0.25) is 0 Å². The zero-order chi connectivity index (χ0) is 9.66. The fourth-order valence-corrected chi connectivity index (χ4v) is 0.401. The highest BCUT2D eigenvalue weighted by Gasteiger charge is 1.78. The fraction of sp³-hybridized carbons (Fsp3) is 1.00. The fourth-order valence-electron chi connectivity index (χ4n) is 0.401. The normalized spacial score (nSPS) is 9.00. The van der Waals surface area contributed by atoms with Crippen LogP contribution in [-0.4, -0.2) is 56.8 Å².